The minimum atomic E-state index is -2.52. The Hall–Kier alpha value is -3.70. The molecular formula is C21H21F3N8O. The number of likely N-dealkylation sites (tertiary alicyclic amines) is 1. The van der Waals surface area contributed by atoms with E-state index in [-0.39, 0.29) is 24.9 Å². The van der Waals surface area contributed by atoms with Crippen LogP contribution in [0.1, 0.15) is 12.7 Å². The molecule has 1 aliphatic rings. The number of nitrogens with one attached hydrogen (secondary N) is 1. The van der Waals surface area contributed by atoms with E-state index in [2.05, 4.69) is 25.4 Å². The number of hydrogen-bond acceptors (Lipinski definition) is 6. The Morgan fingerprint density at radius 3 is 2.79 bits per heavy atom. The van der Waals surface area contributed by atoms with E-state index in [1.165, 1.54) is 16.4 Å². The van der Waals surface area contributed by atoms with Crippen LogP contribution in [0.25, 0.3) is 27.9 Å². The number of rotatable bonds is 5. The van der Waals surface area contributed by atoms with E-state index in [1.54, 1.807) is 42.0 Å². The molecule has 2 atom stereocenters. The van der Waals surface area contributed by atoms with Gasteiger partial charge >= 0.3 is 0 Å². The standard InChI is InChI=1S/C21H21F3N8O/c1-11-26-16-4-3-15(27-20(16)31(11)10-19(23)24)13-5-6-32-18(13)7-25-21(29-32)28-17-9-30(12(2)33)8-14(17)22/h3-7,14,17,19H,8-10H2,1-2H3,(H,28,29)/t14-,17+/m1/s1. The maximum Gasteiger partial charge on any atom is 0.256 e. The summed E-state index contributed by atoms with van der Waals surface area (Å²) in [6.07, 6.45) is -0.434. The van der Waals surface area contributed by atoms with Crippen LogP contribution in [0.5, 0.6) is 0 Å². The van der Waals surface area contributed by atoms with E-state index in [1.807, 2.05) is 0 Å². The molecule has 5 rings (SSSR count). The van der Waals surface area contributed by atoms with Crippen LogP contribution in [-0.2, 0) is 11.3 Å². The number of fused-ring (bicyclic) bond motifs is 2. The third kappa shape index (κ3) is 3.85. The molecule has 1 saturated heterocycles. The van der Waals surface area contributed by atoms with Crippen molar-refractivity contribution in [3.8, 4) is 11.3 Å². The number of halogens is 3. The van der Waals surface area contributed by atoms with Crippen LogP contribution in [0.3, 0.4) is 0 Å². The number of carbonyl (C=O) groups excluding carboxylic acids is 1. The van der Waals surface area contributed by atoms with Crippen molar-refractivity contribution in [1.29, 1.82) is 0 Å². The summed E-state index contributed by atoms with van der Waals surface area (Å²) in [6, 6.07) is 4.72. The van der Waals surface area contributed by atoms with Gasteiger partial charge in [-0.25, -0.2) is 32.6 Å². The van der Waals surface area contributed by atoms with Gasteiger partial charge in [-0.15, -0.1) is 5.10 Å². The molecule has 0 radical (unpaired) electrons. The first kappa shape index (κ1) is 21.2. The number of aromatic nitrogens is 6. The number of alkyl halides is 3. The lowest BCUT2D eigenvalue weighted by Crippen LogP contribution is -2.31. The summed E-state index contributed by atoms with van der Waals surface area (Å²) >= 11 is 0. The number of amides is 1. The average molecular weight is 458 g/mol. The van der Waals surface area contributed by atoms with Crippen LogP contribution in [0.4, 0.5) is 19.1 Å². The zero-order chi connectivity index (χ0) is 23.3. The van der Waals surface area contributed by atoms with Crippen LogP contribution in [-0.4, -0.2) is 71.7 Å². The van der Waals surface area contributed by atoms with Gasteiger partial charge in [0, 0.05) is 25.2 Å². The highest BCUT2D eigenvalue weighted by atomic mass is 19.3. The molecule has 9 nitrogen and oxygen atoms in total. The monoisotopic (exact) mass is 458 g/mol. The highest BCUT2D eigenvalue weighted by Gasteiger charge is 2.34. The maximum absolute atomic E-state index is 14.3. The maximum atomic E-state index is 14.3. The van der Waals surface area contributed by atoms with Crippen molar-refractivity contribution in [2.75, 3.05) is 18.4 Å². The van der Waals surface area contributed by atoms with E-state index in [0.29, 0.717) is 28.2 Å². The normalized spacial score (nSPS) is 18.7. The second-order valence-electron chi connectivity index (χ2n) is 8.03. The smallest absolute Gasteiger partial charge is 0.256 e. The highest BCUT2D eigenvalue weighted by Crippen LogP contribution is 2.27. The van der Waals surface area contributed by atoms with Gasteiger partial charge in [0.25, 0.3) is 6.43 Å². The number of carbonyl (C=O) groups is 1. The number of aryl methyl sites for hydroxylation is 1. The Balaban J connectivity index is 1.44. The summed E-state index contributed by atoms with van der Waals surface area (Å²) in [6.45, 7) is 2.88. The number of pyridine rings is 1. The first-order chi connectivity index (χ1) is 15.8. The second-order valence-corrected chi connectivity index (χ2v) is 8.03. The SMILES string of the molecule is CC(=O)N1C[C@@H](F)[C@@H](Nc2ncc3c(-c4ccc5nc(C)n(CC(F)F)c5n4)ccn3n2)C1. The van der Waals surface area contributed by atoms with E-state index < -0.39 is 25.2 Å². The minimum absolute atomic E-state index is 0.0404. The fourth-order valence-corrected chi connectivity index (χ4v) is 4.13. The summed E-state index contributed by atoms with van der Waals surface area (Å²) in [5.41, 5.74) is 2.87. The van der Waals surface area contributed by atoms with Crippen LogP contribution >= 0.6 is 0 Å². The summed E-state index contributed by atoms with van der Waals surface area (Å²) in [7, 11) is 0. The third-order valence-corrected chi connectivity index (χ3v) is 5.80. The molecular weight excluding hydrogens is 437 g/mol. The summed E-state index contributed by atoms with van der Waals surface area (Å²) in [4.78, 5) is 26.1. The zero-order valence-corrected chi connectivity index (χ0v) is 17.9. The summed E-state index contributed by atoms with van der Waals surface area (Å²) < 4.78 is 43.3. The molecule has 1 amide bonds. The van der Waals surface area contributed by atoms with Crippen molar-refractivity contribution in [1.82, 2.24) is 34.0 Å². The molecule has 4 aromatic rings. The van der Waals surface area contributed by atoms with Crippen molar-refractivity contribution in [3.05, 3.63) is 36.4 Å². The van der Waals surface area contributed by atoms with Crippen LogP contribution in [0.15, 0.2) is 30.6 Å². The van der Waals surface area contributed by atoms with E-state index in [0.717, 1.165) is 5.56 Å². The van der Waals surface area contributed by atoms with Gasteiger partial charge in [-0.3, -0.25) is 4.79 Å². The Kier molecular flexibility index (Phi) is 5.14. The van der Waals surface area contributed by atoms with Crippen LogP contribution in [0, 0.1) is 6.92 Å². The highest BCUT2D eigenvalue weighted by molar-refractivity contribution is 5.82. The van der Waals surface area contributed by atoms with Gasteiger partial charge in [0.05, 0.1) is 36.5 Å². The van der Waals surface area contributed by atoms with Crippen molar-refractivity contribution in [2.24, 2.45) is 0 Å². The van der Waals surface area contributed by atoms with Crippen molar-refractivity contribution in [3.63, 3.8) is 0 Å². The van der Waals surface area contributed by atoms with Gasteiger partial charge < -0.3 is 14.8 Å². The number of nitrogens with zero attached hydrogens (tertiary/aromatic N) is 7. The molecule has 12 heteroatoms. The van der Waals surface area contributed by atoms with Crippen molar-refractivity contribution in [2.45, 2.75) is 39.0 Å². The van der Waals surface area contributed by atoms with Gasteiger partial charge in [-0.1, -0.05) is 0 Å². The fraction of sp³-hybridized carbons (Fsp3) is 0.381. The van der Waals surface area contributed by atoms with E-state index in [4.69, 9.17) is 0 Å². The predicted molar refractivity (Wildman–Crippen MR) is 115 cm³/mol. The van der Waals surface area contributed by atoms with E-state index >= 15 is 0 Å². The molecule has 0 unspecified atom stereocenters. The molecule has 4 aromatic heterocycles. The van der Waals surface area contributed by atoms with Gasteiger partial charge in [-0.05, 0) is 25.1 Å². The van der Waals surface area contributed by atoms with Crippen LogP contribution < -0.4 is 5.32 Å². The molecule has 0 aromatic carbocycles. The largest absolute Gasteiger partial charge is 0.345 e. The quantitative estimate of drug-likeness (QED) is 0.494. The summed E-state index contributed by atoms with van der Waals surface area (Å²) in [5.74, 6) is 0.525. The molecule has 1 N–H and O–H groups in total. The molecule has 0 aliphatic carbocycles. The Labute approximate surface area is 186 Å². The number of imidazole rings is 1. The first-order valence-corrected chi connectivity index (χ1v) is 10.4. The average Bonchev–Trinajstić information content (AvgIpc) is 3.43. The fourth-order valence-electron chi connectivity index (χ4n) is 4.13. The molecule has 1 fully saturated rings. The Morgan fingerprint density at radius 2 is 2.06 bits per heavy atom. The van der Waals surface area contributed by atoms with Gasteiger partial charge in [0.1, 0.15) is 17.5 Å². The van der Waals surface area contributed by atoms with Gasteiger partial charge in [0.15, 0.2) is 5.65 Å². The van der Waals surface area contributed by atoms with E-state index in [9.17, 15) is 18.0 Å². The molecule has 0 saturated carbocycles. The molecule has 0 spiro atoms. The zero-order valence-electron chi connectivity index (χ0n) is 17.9. The summed E-state index contributed by atoms with van der Waals surface area (Å²) in [5, 5.41) is 7.35. The first-order valence-electron chi connectivity index (χ1n) is 10.4. The van der Waals surface area contributed by atoms with Crippen molar-refractivity contribution >= 4 is 28.5 Å². The third-order valence-electron chi connectivity index (χ3n) is 5.80. The molecule has 33 heavy (non-hydrogen) atoms. The van der Waals surface area contributed by atoms with Gasteiger partial charge in [-0.2, -0.15) is 0 Å². The topological polar surface area (TPSA) is 93.2 Å². The predicted octanol–water partition coefficient (Wildman–Crippen LogP) is 2.70. The lowest BCUT2D eigenvalue weighted by molar-refractivity contribution is -0.128. The molecule has 5 heterocycles. The second kappa shape index (κ2) is 8.01. The van der Waals surface area contributed by atoms with Crippen LogP contribution in [0.2, 0.25) is 0 Å². The lowest BCUT2D eigenvalue weighted by Gasteiger charge is -2.15. The minimum Gasteiger partial charge on any atom is -0.345 e. The Bertz CT molecular complexity index is 1350. The molecule has 1 aliphatic heterocycles. The lowest BCUT2D eigenvalue weighted by atomic mass is 10.2. The molecule has 0 bridgehead atoms. The van der Waals surface area contributed by atoms with Crippen molar-refractivity contribution < 1.29 is 18.0 Å². The Morgan fingerprint density at radius 1 is 1.24 bits per heavy atom. The van der Waals surface area contributed by atoms with Gasteiger partial charge in [0.2, 0.25) is 11.9 Å². The number of anilines is 1. The molecule has 172 valence electrons. The number of hydrogen-bond donors (Lipinski definition) is 1.